The summed E-state index contributed by atoms with van der Waals surface area (Å²) in [5.74, 6) is -0.304. The van der Waals surface area contributed by atoms with Gasteiger partial charge in [-0.05, 0) is 13.8 Å². The Morgan fingerprint density at radius 3 is 2.31 bits per heavy atom. The van der Waals surface area contributed by atoms with Crippen LogP contribution >= 0.6 is 0 Å². The molecule has 1 amide bonds. The molecule has 0 unspecified atom stereocenters. The van der Waals surface area contributed by atoms with Crippen LogP contribution in [0.2, 0.25) is 0 Å². The molecule has 0 atom stereocenters. The van der Waals surface area contributed by atoms with Gasteiger partial charge in [-0.1, -0.05) is 13.8 Å². The molecule has 7 heteroatoms. The van der Waals surface area contributed by atoms with Crippen molar-refractivity contribution in [2.24, 2.45) is 11.1 Å². The maximum atomic E-state index is 11.4. The van der Waals surface area contributed by atoms with Crippen molar-refractivity contribution in [1.29, 1.82) is 0 Å². The predicted octanol–water partition coefficient (Wildman–Crippen LogP) is 0.0744. The SMILES string of the molecule is CC(C)(CNC(=O)C(C)(C)N)CO[N+](=O)[O-]. The molecule has 0 radical (unpaired) electrons. The van der Waals surface area contributed by atoms with Crippen molar-refractivity contribution in [3.8, 4) is 0 Å². The van der Waals surface area contributed by atoms with Crippen LogP contribution in [0.1, 0.15) is 27.7 Å². The van der Waals surface area contributed by atoms with E-state index in [0.717, 1.165) is 0 Å². The molecule has 0 aliphatic heterocycles. The highest BCUT2D eigenvalue weighted by Gasteiger charge is 2.26. The zero-order valence-electron chi connectivity index (χ0n) is 10.1. The molecule has 3 N–H and O–H groups in total. The van der Waals surface area contributed by atoms with Gasteiger partial charge < -0.3 is 15.9 Å². The maximum absolute atomic E-state index is 11.4. The Morgan fingerprint density at radius 1 is 1.44 bits per heavy atom. The lowest BCUT2D eigenvalue weighted by Crippen LogP contribution is -2.51. The van der Waals surface area contributed by atoms with E-state index in [4.69, 9.17) is 5.73 Å². The van der Waals surface area contributed by atoms with Crippen LogP contribution in [-0.2, 0) is 9.63 Å². The van der Waals surface area contributed by atoms with Gasteiger partial charge in [0.05, 0.1) is 5.54 Å². The lowest BCUT2D eigenvalue weighted by atomic mass is 9.94. The molecule has 0 heterocycles. The zero-order valence-corrected chi connectivity index (χ0v) is 10.1. The number of rotatable bonds is 6. The first-order valence-electron chi connectivity index (χ1n) is 4.89. The Balaban J connectivity index is 4.08. The Hall–Kier alpha value is -1.37. The van der Waals surface area contributed by atoms with Gasteiger partial charge in [0.25, 0.3) is 5.09 Å². The second kappa shape index (κ2) is 5.11. The fraction of sp³-hybridized carbons (Fsp3) is 0.889. The van der Waals surface area contributed by atoms with Crippen LogP contribution < -0.4 is 11.1 Å². The lowest BCUT2D eigenvalue weighted by molar-refractivity contribution is -0.760. The number of hydrogen-bond donors (Lipinski definition) is 2. The van der Waals surface area contributed by atoms with Crippen molar-refractivity contribution in [1.82, 2.24) is 5.32 Å². The number of carbonyl (C=O) groups is 1. The van der Waals surface area contributed by atoms with E-state index in [9.17, 15) is 14.9 Å². The van der Waals surface area contributed by atoms with Crippen LogP contribution in [0, 0.1) is 15.5 Å². The number of amides is 1. The summed E-state index contributed by atoms with van der Waals surface area (Å²) in [6, 6.07) is 0. The number of nitrogens with two attached hydrogens (primary N) is 1. The Morgan fingerprint density at radius 2 is 1.94 bits per heavy atom. The van der Waals surface area contributed by atoms with Crippen molar-refractivity contribution in [3.05, 3.63) is 10.1 Å². The molecule has 0 aliphatic carbocycles. The standard InChI is InChI=1S/C9H19N3O4/c1-8(2,6-16-12(14)15)5-11-7(13)9(3,4)10/h5-6,10H2,1-4H3,(H,11,13). The molecular weight excluding hydrogens is 214 g/mol. The van der Waals surface area contributed by atoms with Gasteiger partial charge in [-0.25, -0.2) is 0 Å². The molecular formula is C9H19N3O4. The highest BCUT2D eigenvalue weighted by atomic mass is 16.9. The molecule has 0 fully saturated rings. The molecule has 0 aromatic carbocycles. The van der Waals surface area contributed by atoms with Crippen LogP contribution in [0.25, 0.3) is 0 Å². The minimum absolute atomic E-state index is 0.0781. The smallest absolute Gasteiger partial charge is 0.294 e. The fourth-order valence-electron chi connectivity index (χ4n) is 0.826. The highest BCUT2D eigenvalue weighted by Crippen LogP contribution is 2.14. The summed E-state index contributed by atoms with van der Waals surface area (Å²) in [5.41, 5.74) is 4.10. The Bertz CT molecular complexity index is 270. The van der Waals surface area contributed by atoms with Crippen LogP contribution in [-0.4, -0.2) is 29.7 Å². The monoisotopic (exact) mass is 233 g/mol. The van der Waals surface area contributed by atoms with Gasteiger partial charge in [-0.2, -0.15) is 0 Å². The van der Waals surface area contributed by atoms with E-state index in [-0.39, 0.29) is 19.1 Å². The van der Waals surface area contributed by atoms with Gasteiger partial charge in [-0.15, -0.1) is 10.1 Å². The van der Waals surface area contributed by atoms with Crippen molar-refractivity contribution in [2.45, 2.75) is 33.2 Å². The number of nitrogens with zero attached hydrogens (tertiary/aromatic N) is 1. The molecule has 16 heavy (non-hydrogen) atoms. The summed E-state index contributed by atoms with van der Waals surface area (Å²) in [6.07, 6.45) is 0. The molecule has 0 rings (SSSR count). The molecule has 7 nitrogen and oxygen atoms in total. The molecule has 0 aromatic heterocycles. The van der Waals surface area contributed by atoms with Gasteiger partial charge in [0.1, 0.15) is 6.61 Å². The lowest BCUT2D eigenvalue weighted by Gasteiger charge is -2.26. The number of carbonyl (C=O) groups excluding carboxylic acids is 1. The van der Waals surface area contributed by atoms with Crippen LogP contribution in [0.3, 0.4) is 0 Å². The van der Waals surface area contributed by atoms with E-state index in [1.54, 1.807) is 27.7 Å². The first-order valence-corrected chi connectivity index (χ1v) is 4.89. The largest absolute Gasteiger partial charge is 0.354 e. The zero-order chi connectivity index (χ0) is 13.0. The highest BCUT2D eigenvalue weighted by molar-refractivity contribution is 5.85. The van der Waals surface area contributed by atoms with Gasteiger partial charge >= 0.3 is 0 Å². The third-order valence-electron chi connectivity index (χ3n) is 1.87. The number of hydrogen-bond acceptors (Lipinski definition) is 5. The Labute approximate surface area is 94.4 Å². The van der Waals surface area contributed by atoms with Crippen molar-refractivity contribution in [3.63, 3.8) is 0 Å². The minimum atomic E-state index is -0.958. The fourth-order valence-corrected chi connectivity index (χ4v) is 0.826. The third kappa shape index (κ3) is 6.18. The topological polar surface area (TPSA) is 107 Å². The second-order valence-corrected chi connectivity index (χ2v) is 5.07. The van der Waals surface area contributed by atoms with E-state index in [1.807, 2.05) is 0 Å². The van der Waals surface area contributed by atoms with E-state index >= 15 is 0 Å². The van der Waals surface area contributed by atoms with E-state index in [1.165, 1.54) is 0 Å². The predicted molar refractivity (Wildman–Crippen MR) is 58.0 cm³/mol. The molecule has 0 saturated heterocycles. The molecule has 0 aliphatic rings. The first-order chi connectivity index (χ1) is 7.04. The second-order valence-electron chi connectivity index (χ2n) is 5.07. The summed E-state index contributed by atoms with van der Waals surface area (Å²) >= 11 is 0. The molecule has 94 valence electrons. The quantitative estimate of drug-likeness (QED) is 0.498. The first kappa shape index (κ1) is 14.6. The van der Waals surface area contributed by atoms with Crippen LogP contribution in [0.15, 0.2) is 0 Å². The molecule has 0 saturated carbocycles. The van der Waals surface area contributed by atoms with Gasteiger partial charge in [0.15, 0.2) is 0 Å². The normalized spacial score (nSPS) is 12.1. The van der Waals surface area contributed by atoms with E-state index in [0.29, 0.717) is 0 Å². The van der Waals surface area contributed by atoms with Gasteiger partial charge in [0.2, 0.25) is 5.91 Å². The summed E-state index contributed by atoms with van der Waals surface area (Å²) in [7, 11) is 0. The molecule has 0 aromatic rings. The molecule has 0 spiro atoms. The summed E-state index contributed by atoms with van der Waals surface area (Å²) in [6.45, 7) is 6.86. The van der Waals surface area contributed by atoms with E-state index < -0.39 is 16.0 Å². The summed E-state index contributed by atoms with van der Waals surface area (Å²) < 4.78 is 0. The van der Waals surface area contributed by atoms with Crippen molar-refractivity contribution >= 4 is 5.91 Å². The van der Waals surface area contributed by atoms with Crippen LogP contribution in [0.4, 0.5) is 0 Å². The minimum Gasteiger partial charge on any atom is -0.354 e. The molecule has 0 bridgehead atoms. The van der Waals surface area contributed by atoms with Crippen molar-refractivity contribution in [2.75, 3.05) is 13.2 Å². The average Bonchev–Trinajstić information content (AvgIpc) is 2.10. The third-order valence-corrected chi connectivity index (χ3v) is 1.87. The van der Waals surface area contributed by atoms with Gasteiger partial charge in [-0.3, -0.25) is 4.79 Å². The van der Waals surface area contributed by atoms with Crippen LogP contribution in [0.5, 0.6) is 0 Å². The maximum Gasteiger partial charge on any atom is 0.294 e. The average molecular weight is 233 g/mol. The Kier molecular flexibility index (Phi) is 4.67. The van der Waals surface area contributed by atoms with Gasteiger partial charge in [0, 0.05) is 12.0 Å². The summed E-state index contributed by atoms with van der Waals surface area (Å²) in [5, 5.41) is 11.8. The van der Waals surface area contributed by atoms with Crippen molar-refractivity contribution < 1.29 is 14.7 Å². The number of nitrogens with one attached hydrogen (secondary N) is 1. The summed E-state index contributed by atoms with van der Waals surface area (Å²) in [4.78, 5) is 25.7. The van der Waals surface area contributed by atoms with E-state index in [2.05, 4.69) is 10.2 Å².